The van der Waals surface area contributed by atoms with Crippen molar-refractivity contribution in [3.05, 3.63) is 58.1 Å². The zero-order valence-electron chi connectivity index (χ0n) is 22.0. The summed E-state index contributed by atoms with van der Waals surface area (Å²) < 4.78 is 68.4. The minimum atomic E-state index is -4.17. The molecule has 6 atom stereocenters. The Balaban J connectivity index is 1.35. The lowest BCUT2D eigenvalue weighted by molar-refractivity contribution is -0.0561. The predicted octanol–water partition coefficient (Wildman–Crippen LogP) is 4.46. The predicted molar refractivity (Wildman–Crippen MR) is 136 cm³/mol. The van der Waals surface area contributed by atoms with E-state index < -0.39 is 68.3 Å². The number of ether oxygens (including phenoxy) is 2. The summed E-state index contributed by atoms with van der Waals surface area (Å²) in [6, 6.07) is 4.24. The van der Waals surface area contributed by atoms with Gasteiger partial charge in [0.15, 0.2) is 0 Å². The summed E-state index contributed by atoms with van der Waals surface area (Å²) >= 11 is 0. The maximum absolute atomic E-state index is 13.6. The van der Waals surface area contributed by atoms with Crippen LogP contribution in [0.4, 0.5) is 19.4 Å². The molecular formula is C25H32F2N3O9P. The third-order valence-electron chi connectivity index (χ3n) is 6.54. The van der Waals surface area contributed by atoms with E-state index in [-0.39, 0.29) is 31.0 Å². The van der Waals surface area contributed by atoms with Crippen LogP contribution in [0, 0.1) is 17.6 Å². The molecule has 2 aliphatic heterocycles. The largest absolute Gasteiger partial charge is 0.475 e. The van der Waals surface area contributed by atoms with Gasteiger partial charge in [0.2, 0.25) is 0 Å². The van der Waals surface area contributed by atoms with E-state index in [0.29, 0.717) is 6.07 Å². The quantitative estimate of drug-likeness (QED) is 0.302. The average molecular weight is 588 g/mol. The van der Waals surface area contributed by atoms with Crippen molar-refractivity contribution in [3.63, 3.8) is 0 Å². The average Bonchev–Trinajstić information content (AvgIpc) is 3.18. The number of aromatic nitrogens is 2. The number of phosphoric ester groups is 1. The summed E-state index contributed by atoms with van der Waals surface area (Å²) in [5.41, 5.74) is -0.601. The van der Waals surface area contributed by atoms with E-state index in [2.05, 4.69) is 10.3 Å². The highest BCUT2D eigenvalue weighted by molar-refractivity contribution is 7.48. The van der Waals surface area contributed by atoms with Gasteiger partial charge in [0, 0.05) is 24.6 Å². The van der Waals surface area contributed by atoms with Gasteiger partial charge in [-0.3, -0.25) is 23.5 Å². The SMILES string of the molecule is CCCCCOC(=O)Nc1ccn([C@@H]2OC(COP3(=O)OCCC(c4cc(F)cc(F)c4)O3)[C@@H](O)[C@@H]2C)c(=O)n1. The van der Waals surface area contributed by atoms with Gasteiger partial charge in [-0.05, 0) is 30.2 Å². The molecule has 0 radical (unpaired) electrons. The van der Waals surface area contributed by atoms with Gasteiger partial charge in [0.05, 0.1) is 32.0 Å². The first-order valence-electron chi connectivity index (χ1n) is 13.0. The van der Waals surface area contributed by atoms with Gasteiger partial charge >= 0.3 is 19.6 Å². The lowest BCUT2D eigenvalue weighted by Gasteiger charge is -2.30. The molecule has 3 heterocycles. The monoisotopic (exact) mass is 587 g/mol. The molecule has 0 spiro atoms. The maximum atomic E-state index is 13.6. The molecule has 0 aliphatic carbocycles. The number of hydrogen-bond donors (Lipinski definition) is 2. The Bertz CT molecular complexity index is 1280. The van der Waals surface area contributed by atoms with Crippen molar-refractivity contribution in [2.45, 2.75) is 64.1 Å². The number of nitrogens with one attached hydrogen (secondary N) is 1. The molecule has 40 heavy (non-hydrogen) atoms. The minimum Gasteiger partial charge on any atom is -0.449 e. The second-order valence-corrected chi connectivity index (χ2v) is 11.2. The number of rotatable bonds is 10. The third kappa shape index (κ3) is 7.50. The maximum Gasteiger partial charge on any atom is 0.475 e. The minimum absolute atomic E-state index is 0.00903. The van der Waals surface area contributed by atoms with Gasteiger partial charge < -0.3 is 14.6 Å². The second-order valence-electron chi connectivity index (χ2n) is 9.55. The number of unbranched alkanes of at least 4 members (excludes halogenated alkanes) is 2. The van der Waals surface area contributed by atoms with Crippen LogP contribution in [0.2, 0.25) is 0 Å². The van der Waals surface area contributed by atoms with Gasteiger partial charge in [0.25, 0.3) is 0 Å². The van der Waals surface area contributed by atoms with Crippen LogP contribution in [0.5, 0.6) is 0 Å². The number of phosphoric acid groups is 1. The Morgan fingerprint density at radius 1 is 1.27 bits per heavy atom. The van der Waals surface area contributed by atoms with E-state index in [0.717, 1.165) is 36.0 Å². The summed E-state index contributed by atoms with van der Waals surface area (Å²) in [5.74, 6) is -2.23. The van der Waals surface area contributed by atoms with Gasteiger partial charge in [-0.2, -0.15) is 4.98 Å². The standard InChI is InChI=1S/C25H32F2N3O9P/c1-3-4-5-9-35-25(33)29-21-6-8-30(24(32)28-21)23-15(2)22(31)20(38-23)14-37-40(34)36-10-7-19(39-40)16-11-17(26)13-18(27)12-16/h6,8,11-13,15,19-20,22-23,31H,3-5,7,9-10,14H2,1-2H3,(H,28,29,32,33)/t15-,19?,20?,22-,23+,40?/m0/s1. The van der Waals surface area contributed by atoms with Gasteiger partial charge in [-0.25, -0.2) is 22.9 Å². The van der Waals surface area contributed by atoms with Gasteiger partial charge in [-0.1, -0.05) is 26.7 Å². The molecule has 1 aromatic carbocycles. The van der Waals surface area contributed by atoms with Crippen LogP contribution in [0.15, 0.2) is 35.3 Å². The van der Waals surface area contributed by atoms with Crippen LogP contribution in [-0.4, -0.2) is 52.8 Å². The molecule has 2 aromatic rings. The number of nitrogens with zero attached hydrogens (tertiary/aromatic N) is 2. The number of aliphatic hydroxyl groups excluding tert-OH is 1. The summed E-state index contributed by atoms with van der Waals surface area (Å²) in [7, 11) is -4.17. The summed E-state index contributed by atoms with van der Waals surface area (Å²) in [6.45, 7) is 3.44. The number of amides is 1. The molecule has 2 N–H and O–H groups in total. The molecule has 3 unspecified atom stereocenters. The highest BCUT2D eigenvalue weighted by Crippen LogP contribution is 2.57. The zero-order valence-corrected chi connectivity index (χ0v) is 22.9. The van der Waals surface area contributed by atoms with Crippen molar-refractivity contribution in [2.24, 2.45) is 5.92 Å². The normalized spacial score (nSPS) is 28.4. The van der Waals surface area contributed by atoms with Crippen molar-refractivity contribution < 1.29 is 46.3 Å². The molecule has 4 rings (SSSR count). The number of benzene rings is 1. The van der Waals surface area contributed by atoms with Gasteiger partial charge in [-0.15, -0.1) is 0 Å². The Kier molecular flexibility index (Phi) is 10.0. The van der Waals surface area contributed by atoms with Crippen LogP contribution in [-0.2, 0) is 27.6 Å². The van der Waals surface area contributed by atoms with E-state index in [4.69, 9.17) is 23.0 Å². The fourth-order valence-electron chi connectivity index (χ4n) is 4.41. The molecule has 0 saturated carbocycles. The van der Waals surface area contributed by atoms with E-state index in [1.54, 1.807) is 6.92 Å². The Hall–Kier alpha value is -2.74. The highest BCUT2D eigenvalue weighted by Gasteiger charge is 2.45. The molecule has 12 nitrogen and oxygen atoms in total. The third-order valence-corrected chi connectivity index (χ3v) is 8.02. The molecule has 2 saturated heterocycles. The molecule has 2 fully saturated rings. The molecule has 15 heteroatoms. The van der Waals surface area contributed by atoms with Crippen molar-refractivity contribution >= 4 is 19.7 Å². The molecule has 0 bridgehead atoms. The van der Waals surface area contributed by atoms with E-state index >= 15 is 0 Å². The first-order valence-corrected chi connectivity index (χ1v) is 14.4. The summed E-state index contributed by atoms with van der Waals surface area (Å²) in [5, 5.41) is 13.1. The lowest BCUT2D eigenvalue weighted by atomic mass is 10.0. The Labute approximate surface area is 229 Å². The second kappa shape index (κ2) is 13.3. The topological polar surface area (TPSA) is 147 Å². The van der Waals surface area contributed by atoms with Gasteiger partial charge in [0.1, 0.15) is 29.8 Å². The van der Waals surface area contributed by atoms with Crippen molar-refractivity contribution in [3.8, 4) is 0 Å². The molecular weight excluding hydrogens is 555 g/mol. The first-order chi connectivity index (χ1) is 19.1. The number of hydrogen-bond acceptors (Lipinski definition) is 10. The van der Waals surface area contributed by atoms with Crippen LogP contribution < -0.4 is 11.0 Å². The molecule has 1 aromatic heterocycles. The van der Waals surface area contributed by atoms with Crippen LogP contribution in [0.3, 0.4) is 0 Å². The van der Waals surface area contributed by atoms with Crippen LogP contribution >= 0.6 is 7.82 Å². The summed E-state index contributed by atoms with van der Waals surface area (Å²) in [4.78, 5) is 28.4. The number of anilines is 1. The number of carbonyl (C=O) groups excluding carboxylic acids is 1. The number of carbonyl (C=O) groups is 1. The van der Waals surface area contributed by atoms with E-state index in [1.807, 2.05) is 6.92 Å². The lowest BCUT2D eigenvalue weighted by Crippen LogP contribution is -2.31. The van der Waals surface area contributed by atoms with Crippen molar-refractivity contribution in [1.29, 1.82) is 0 Å². The Morgan fingerprint density at radius 2 is 2.02 bits per heavy atom. The van der Waals surface area contributed by atoms with E-state index in [1.165, 1.54) is 12.3 Å². The first kappa shape index (κ1) is 30.2. The zero-order chi connectivity index (χ0) is 28.9. The van der Waals surface area contributed by atoms with Crippen molar-refractivity contribution in [1.82, 2.24) is 9.55 Å². The van der Waals surface area contributed by atoms with E-state index in [9.17, 15) is 28.0 Å². The van der Waals surface area contributed by atoms with Crippen LogP contribution in [0.1, 0.15) is 57.4 Å². The molecule has 1 amide bonds. The fraction of sp³-hybridized carbons (Fsp3) is 0.560. The Morgan fingerprint density at radius 3 is 2.73 bits per heavy atom. The smallest absolute Gasteiger partial charge is 0.449 e. The molecule has 2 aliphatic rings. The highest BCUT2D eigenvalue weighted by atomic mass is 31.2. The number of halogens is 2. The number of aliphatic hydroxyl groups is 1. The fourth-order valence-corrected chi connectivity index (χ4v) is 5.81. The van der Waals surface area contributed by atoms with Crippen LogP contribution in [0.25, 0.3) is 0 Å². The molecule has 220 valence electrons. The van der Waals surface area contributed by atoms with Crippen molar-refractivity contribution in [2.75, 3.05) is 25.1 Å². The summed E-state index contributed by atoms with van der Waals surface area (Å²) in [6.07, 6.45) is -0.582.